The van der Waals surface area contributed by atoms with Gasteiger partial charge in [0.2, 0.25) is 5.91 Å². The predicted octanol–water partition coefficient (Wildman–Crippen LogP) is 6.38. The number of carbonyl (C=O) groups excluding carboxylic acids is 1. The highest BCUT2D eigenvalue weighted by Crippen LogP contribution is 2.44. The number of hydrogen-bond acceptors (Lipinski definition) is 5. The van der Waals surface area contributed by atoms with E-state index >= 15 is 0 Å². The zero-order chi connectivity index (χ0) is 24.5. The van der Waals surface area contributed by atoms with E-state index in [0.29, 0.717) is 23.0 Å². The van der Waals surface area contributed by atoms with Gasteiger partial charge in [0.15, 0.2) is 5.13 Å². The molecule has 3 heterocycles. The van der Waals surface area contributed by atoms with E-state index in [2.05, 4.69) is 10.3 Å². The highest BCUT2D eigenvalue weighted by Gasteiger charge is 2.30. The van der Waals surface area contributed by atoms with Crippen LogP contribution in [0.25, 0.3) is 27.5 Å². The number of amides is 1. The first-order chi connectivity index (χ1) is 17.7. The Hall–Kier alpha value is -3.81. The van der Waals surface area contributed by atoms with Gasteiger partial charge in [-0.25, -0.2) is 9.67 Å². The van der Waals surface area contributed by atoms with Gasteiger partial charge in [-0.1, -0.05) is 65.4 Å². The summed E-state index contributed by atoms with van der Waals surface area (Å²) >= 11 is 8.09. The molecule has 0 fully saturated rings. The maximum atomic E-state index is 12.7. The number of hydrogen-bond donors (Lipinski definition) is 1. The second kappa shape index (κ2) is 9.68. The smallest absolute Gasteiger partial charge is 0.226 e. The van der Waals surface area contributed by atoms with Gasteiger partial charge in [0.1, 0.15) is 0 Å². The molecule has 2 aromatic carbocycles. The number of para-hydroxylation sites is 1. The van der Waals surface area contributed by atoms with Gasteiger partial charge in [-0.05, 0) is 49.1 Å². The van der Waals surface area contributed by atoms with E-state index in [0.717, 1.165) is 57.2 Å². The van der Waals surface area contributed by atoms with Crippen molar-refractivity contribution < 1.29 is 4.79 Å². The molecule has 1 aliphatic carbocycles. The topological polar surface area (TPSA) is 72.7 Å². The first kappa shape index (κ1) is 22.6. The Morgan fingerprint density at radius 3 is 2.67 bits per heavy atom. The lowest BCUT2D eigenvalue weighted by Gasteiger charge is -2.14. The molecule has 0 saturated heterocycles. The number of benzene rings is 2. The Morgan fingerprint density at radius 2 is 1.86 bits per heavy atom. The molecule has 6 nitrogen and oxygen atoms in total. The van der Waals surface area contributed by atoms with Crippen LogP contribution in [-0.4, -0.2) is 25.7 Å². The number of pyridine rings is 1. The second-order valence-electron chi connectivity index (χ2n) is 8.61. The summed E-state index contributed by atoms with van der Waals surface area (Å²) in [6.45, 7) is 0. The van der Waals surface area contributed by atoms with E-state index in [1.54, 1.807) is 6.20 Å². The summed E-state index contributed by atoms with van der Waals surface area (Å²) < 4.78 is 1.91. The summed E-state index contributed by atoms with van der Waals surface area (Å²) in [6, 6.07) is 21.6. The van der Waals surface area contributed by atoms with Gasteiger partial charge in [-0.15, -0.1) is 0 Å². The van der Waals surface area contributed by atoms with Crippen molar-refractivity contribution in [1.82, 2.24) is 19.7 Å². The summed E-state index contributed by atoms with van der Waals surface area (Å²) in [5.74, 6) is -0.0409. The molecule has 1 N–H and O–H groups in total. The lowest BCUT2D eigenvalue weighted by molar-refractivity contribution is -0.116. The van der Waals surface area contributed by atoms with Crippen molar-refractivity contribution in [2.24, 2.45) is 0 Å². The molecule has 178 valence electrons. The number of carbonyl (C=O) groups is 1. The number of nitrogens with zero attached hydrogens (tertiary/aromatic N) is 4. The molecular formula is C28H22ClN5OS. The van der Waals surface area contributed by atoms with Gasteiger partial charge in [0.25, 0.3) is 0 Å². The Morgan fingerprint density at radius 1 is 1.03 bits per heavy atom. The summed E-state index contributed by atoms with van der Waals surface area (Å²) in [7, 11) is 0. The summed E-state index contributed by atoms with van der Waals surface area (Å²) in [4.78, 5) is 22.8. The van der Waals surface area contributed by atoms with Crippen molar-refractivity contribution in [1.29, 1.82) is 0 Å². The molecule has 1 aliphatic rings. The average Bonchev–Trinajstić information content (AvgIpc) is 3.50. The lowest BCUT2D eigenvalue weighted by Crippen LogP contribution is -2.12. The third kappa shape index (κ3) is 4.32. The standard InChI is InChI=1S/C28H22ClN5OS/c29-21-10-4-5-11-23(21)34-26-20(25(33-34)19-9-6-16-30-17-19)13-14-22-27(26)36-28(31-22)32-24(35)15-12-18-7-2-1-3-8-18/h1-11,16-17H,12-15H2,(H,31,32,35). The first-order valence-electron chi connectivity index (χ1n) is 11.8. The van der Waals surface area contributed by atoms with Gasteiger partial charge >= 0.3 is 0 Å². The summed E-state index contributed by atoms with van der Waals surface area (Å²) in [6.07, 6.45) is 6.26. The van der Waals surface area contributed by atoms with E-state index in [1.165, 1.54) is 11.3 Å². The molecule has 0 spiro atoms. The van der Waals surface area contributed by atoms with Crippen LogP contribution in [-0.2, 0) is 24.1 Å². The second-order valence-corrected chi connectivity index (χ2v) is 10.0. The van der Waals surface area contributed by atoms with Crippen molar-refractivity contribution in [3.8, 4) is 27.5 Å². The van der Waals surface area contributed by atoms with E-state index in [9.17, 15) is 4.79 Å². The fourth-order valence-corrected chi connectivity index (χ4v) is 5.84. The van der Waals surface area contributed by atoms with E-state index in [4.69, 9.17) is 21.7 Å². The normalized spacial score (nSPS) is 12.1. The van der Waals surface area contributed by atoms with Crippen LogP contribution in [0.15, 0.2) is 79.1 Å². The molecule has 0 unspecified atom stereocenters. The van der Waals surface area contributed by atoms with Crippen molar-refractivity contribution in [3.05, 3.63) is 101 Å². The minimum atomic E-state index is -0.0409. The van der Waals surface area contributed by atoms with Crippen molar-refractivity contribution in [2.45, 2.75) is 25.7 Å². The first-order valence-corrected chi connectivity index (χ1v) is 13.0. The number of aromatic nitrogens is 4. The van der Waals surface area contributed by atoms with Gasteiger partial charge in [0, 0.05) is 29.9 Å². The highest BCUT2D eigenvalue weighted by molar-refractivity contribution is 7.19. The molecule has 36 heavy (non-hydrogen) atoms. The van der Waals surface area contributed by atoms with Gasteiger partial charge in [-0.3, -0.25) is 9.78 Å². The van der Waals surface area contributed by atoms with E-state index < -0.39 is 0 Å². The predicted molar refractivity (Wildman–Crippen MR) is 144 cm³/mol. The largest absolute Gasteiger partial charge is 0.302 e. The van der Waals surface area contributed by atoms with Gasteiger partial charge in [0.05, 0.1) is 32.7 Å². The van der Waals surface area contributed by atoms with Gasteiger partial charge < -0.3 is 5.32 Å². The zero-order valence-electron chi connectivity index (χ0n) is 19.3. The minimum absolute atomic E-state index is 0.0409. The monoisotopic (exact) mass is 511 g/mol. The average molecular weight is 512 g/mol. The van der Waals surface area contributed by atoms with Gasteiger partial charge in [-0.2, -0.15) is 5.10 Å². The maximum Gasteiger partial charge on any atom is 0.226 e. The van der Waals surface area contributed by atoms with E-state index in [-0.39, 0.29) is 5.91 Å². The van der Waals surface area contributed by atoms with Crippen LogP contribution in [0.3, 0.4) is 0 Å². The fraction of sp³-hybridized carbons (Fsp3) is 0.143. The number of aryl methyl sites for hydroxylation is 2. The molecule has 8 heteroatoms. The molecule has 5 aromatic rings. The van der Waals surface area contributed by atoms with Crippen LogP contribution in [0.5, 0.6) is 0 Å². The molecule has 0 bridgehead atoms. The molecule has 3 aromatic heterocycles. The third-order valence-corrected chi connectivity index (χ3v) is 7.59. The molecule has 0 saturated carbocycles. The Labute approximate surface area is 217 Å². The van der Waals surface area contributed by atoms with Crippen molar-refractivity contribution in [3.63, 3.8) is 0 Å². The summed E-state index contributed by atoms with van der Waals surface area (Å²) in [5, 5.41) is 9.25. The SMILES string of the molecule is O=C(CCc1ccccc1)Nc1nc2c(s1)-c1c(c(-c3cccnc3)nn1-c1ccccc1Cl)CC2. The Balaban J connectivity index is 1.36. The zero-order valence-corrected chi connectivity index (χ0v) is 20.9. The third-order valence-electron chi connectivity index (χ3n) is 6.25. The number of rotatable bonds is 6. The lowest BCUT2D eigenvalue weighted by atomic mass is 9.95. The van der Waals surface area contributed by atoms with Crippen LogP contribution in [0.1, 0.15) is 23.2 Å². The van der Waals surface area contributed by atoms with Crippen LogP contribution < -0.4 is 5.32 Å². The molecule has 0 aliphatic heterocycles. The molecule has 1 amide bonds. The molecule has 0 atom stereocenters. The molecule has 0 radical (unpaired) electrons. The Kier molecular flexibility index (Phi) is 6.09. The number of fused-ring (bicyclic) bond motifs is 3. The molecule has 6 rings (SSSR count). The quantitative estimate of drug-likeness (QED) is 0.287. The number of halogens is 1. The number of anilines is 1. The van der Waals surface area contributed by atoms with Crippen LogP contribution in [0.4, 0.5) is 5.13 Å². The Bertz CT molecular complexity index is 1550. The van der Waals surface area contributed by atoms with Crippen molar-refractivity contribution >= 4 is 34.0 Å². The molecular weight excluding hydrogens is 490 g/mol. The number of thiazole rings is 1. The maximum absolute atomic E-state index is 12.7. The van der Waals surface area contributed by atoms with Crippen LogP contribution in [0, 0.1) is 0 Å². The highest BCUT2D eigenvalue weighted by atomic mass is 35.5. The van der Waals surface area contributed by atoms with Crippen LogP contribution >= 0.6 is 22.9 Å². The summed E-state index contributed by atoms with van der Waals surface area (Å²) in [5.41, 5.74) is 6.89. The van der Waals surface area contributed by atoms with Crippen molar-refractivity contribution in [2.75, 3.05) is 5.32 Å². The van der Waals surface area contributed by atoms with E-state index in [1.807, 2.05) is 77.6 Å². The minimum Gasteiger partial charge on any atom is -0.302 e. The number of nitrogens with one attached hydrogen (secondary N) is 1. The fourth-order valence-electron chi connectivity index (χ4n) is 4.54. The van der Waals surface area contributed by atoms with Crippen LogP contribution in [0.2, 0.25) is 5.02 Å².